The maximum atomic E-state index is 13.7. The Morgan fingerprint density at radius 2 is 0.528 bits per heavy atom. The minimum atomic E-state index is -1.24. The summed E-state index contributed by atoms with van der Waals surface area (Å²) in [5, 5.41) is 0. The molecule has 0 spiro atoms. The molecule has 8 heteroatoms. The van der Waals surface area contributed by atoms with Crippen molar-refractivity contribution in [1.29, 1.82) is 0 Å². The second-order valence-electron chi connectivity index (χ2n) is 15.9. The summed E-state index contributed by atoms with van der Waals surface area (Å²) in [4.78, 5) is 54.7. The number of ether oxygens (including phenoxy) is 4. The normalized spacial score (nSPS) is 14.8. The maximum Gasteiger partial charge on any atom is 0.308 e. The van der Waals surface area contributed by atoms with Crippen LogP contribution in [0.2, 0.25) is 0 Å². The van der Waals surface area contributed by atoms with Gasteiger partial charge in [0.1, 0.15) is 31.8 Å². The molecule has 0 aliphatic heterocycles. The number of hydrogen-bond donors (Lipinski definition) is 0. The van der Waals surface area contributed by atoms with Crippen LogP contribution in [-0.4, -0.2) is 50.3 Å². The zero-order valence-electron chi connectivity index (χ0n) is 35.9. The van der Waals surface area contributed by atoms with Gasteiger partial charge in [0.2, 0.25) is 0 Å². The highest BCUT2D eigenvalue weighted by molar-refractivity contribution is 5.74. The predicted octanol–water partition coefficient (Wildman–Crippen LogP) is 12.1. The Kier molecular flexibility index (Phi) is 31.9. The van der Waals surface area contributed by atoms with Gasteiger partial charge in [-0.05, 0) is 51.4 Å². The molecule has 0 N–H and O–H groups in total. The average molecular weight is 753 g/mol. The maximum absolute atomic E-state index is 13.7. The molecular weight excluding hydrogens is 668 g/mol. The van der Waals surface area contributed by atoms with Crippen LogP contribution in [0.3, 0.4) is 0 Å². The Hall–Kier alpha value is -2.12. The number of hydrogen-bond acceptors (Lipinski definition) is 8. The van der Waals surface area contributed by atoms with Crippen LogP contribution in [0.25, 0.3) is 0 Å². The van der Waals surface area contributed by atoms with Crippen molar-refractivity contribution in [1.82, 2.24) is 0 Å². The Labute approximate surface area is 326 Å². The molecule has 53 heavy (non-hydrogen) atoms. The fourth-order valence-corrected chi connectivity index (χ4v) is 7.10. The summed E-state index contributed by atoms with van der Waals surface area (Å²) in [6.07, 6.45) is 21.5. The molecule has 4 atom stereocenters. The van der Waals surface area contributed by atoms with Crippen molar-refractivity contribution in [2.24, 2.45) is 29.1 Å². The Bertz CT molecular complexity index is 784. The van der Waals surface area contributed by atoms with Crippen LogP contribution in [0.1, 0.15) is 209 Å². The van der Waals surface area contributed by atoms with Crippen molar-refractivity contribution in [3.05, 3.63) is 0 Å². The molecule has 0 bridgehead atoms. The monoisotopic (exact) mass is 753 g/mol. The summed E-state index contributed by atoms with van der Waals surface area (Å²) in [5.41, 5.74) is -1.24. The summed E-state index contributed by atoms with van der Waals surface area (Å²) < 4.78 is 24.4. The van der Waals surface area contributed by atoms with Crippen molar-refractivity contribution in [3.63, 3.8) is 0 Å². The van der Waals surface area contributed by atoms with Crippen LogP contribution < -0.4 is 0 Å². The number of rotatable bonds is 36. The zero-order valence-corrected chi connectivity index (χ0v) is 35.9. The smallest absolute Gasteiger partial charge is 0.308 e. The molecule has 0 saturated heterocycles. The van der Waals surface area contributed by atoms with E-state index in [1.807, 2.05) is 0 Å². The van der Waals surface area contributed by atoms with Crippen molar-refractivity contribution >= 4 is 23.9 Å². The van der Waals surface area contributed by atoms with E-state index < -0.39 is 5.41 Å². The third kappa shape index (κ3) is 23.4. The van der Waals surface area contributed by atoms with Crippen LogP contribution >= 0.6 is 0 Å². The molecule has 0 saturated carbocycles. The minimum Gasteiger partial charge on any atom is -0.464 e. The van der Waals surface area contributed by atoms with Crippen LogP contribution in [0.5, 0.6) is 0 Å². The van der Waals surface area contributed by atoms with Gasteiger partial charge in [-0.1, -0.05) is 158 Å². The molecule has 0 aliphatic rings. The summed E-state index contributed by atoms with van der Waals surface area (Å²) in [6, 6.07) is 0. The van der Waals surface area contributed by atoms with E-state index in [2.05, 4.69) is 55.4 Å². The van der Waals surface area contributed by atoms with Crippen LogP contribution in [0.15, 0.2) is 0 Å². The van der Waals surface area contributed by atoms with Gasteiger partial charge < -0.3 is 18.9 Å². The fourth-order valence-electron chi connectivity index (χ4n) is 7.10. The third-order valence-electron chi connectivity index (χ3n) is 10.6. The van der Waals surface area contributed by atoms with Crippen molar-refractivity contribution in [2.75, 3.05) is 26.4 Å². The molecule has 0 heterocycles. The number of esters is 4. The molecule has 0 aliphatic carbocycles. The Morgan fingerprint density at radius 1 is 0.321 bits per heavy atom. The summed E-state index contributed by atoms with van der Waals surface area (Å²) in [6.45, 7) is 16.1. The second kappa shape index (κ2) is 33.2. The predicted molar refractivity (Wildman–Crippen MR) is 216 cm³/mol. The second-order valence-corrected chi connectivity index (χ2v) is 15.9. The molecule has 4 unspecified atom stereocenters. The summed E-state index contributed by atoms with van der Waals surface area (Å²) >= 11 is 0. The highest BCUT2D eigenvalue weighted by Gasteiger charge is 2.40. The molecule has 0 fully saturated rings. The zero-order chi connectivity index (χ0) is 39.7. The molecule has 8 nitrogen and oxygen atoms in total. The van der Waals surface area contributed by atoms with Crippen LogP contribution in [0.4, 0.5) is 0 Å². The van der Waals surface area contributed by atoms with Gasteiger partial charge in [-0.25, -0.2) is 0 Å². The number of carbonyl (C=O) groups is 4. The van der Waals surface area contributed by atoms with Crippen LogP contribution in [-0.2, 0) is 38.1 Å². The molecular formula is C45H84O8. The molecule has 0 aromatic heterocycles. The van der Waals surface area contributed by atoms with E-state index in [9.17, 15) is 19.2 Å². The first kappa shape index (κ1) is 50.9. The molecule has 0 rings (SSSR count). The summed E-state index contributed by atoms with van der Waals surface area (Å²) in [7, 11) is 0. The lowest BCUT2D eigenvalue weighted by Crippen LogP contribution is -2.45. The first-order valence-corrected chi connectivity index (χ1v) is 22.3. The first-order chi connectivity index (χ1) is 25.6. The minimum absolute atomic E-state index is 0.176. The van der Waals surface area contributed by atoms with Gasteiger partial charge in [-0.15, -0.1) is 0 Å². The third-order valence-corrected chi connectivity index (χ3v) is 10.6. The van der Waals surface area contributed by atoms with Crippen molar-refractivity contribution in [2.45, 2.75) is 209 Å². The lowest BCUT2D eigenvalue weighted by Gasteiger charge is -2.33. The van der Waals surface area contributed by atoms with Crippen molar-refractivity contribution < 1.29 is 38.1 Å². The average Bonchev–Trinajstić information content (AvgIpc) is 3.15. The van der Waals surface area contributed by atoms with Gasteiger partial charge in [0.25, 0.3) is 0 Å². The van der Waals surface area contributed by atoms with Crippen molar-refractivity contribution in [3.8, 4) is 0 Å². The van der Waals surface area contributed by atoms with E-state index in [0.717, 1.165) is 154 Å². The van der Waals surface area contributed by atoms with E-state index in [4.69, 9.17) is 18.9 Å². The quantitative estimate of drug-likeness (QED) is 0.0354. The summed E-state index contributed by atoms with van der Waals surface area (Å²) in [5.74, 6) is -2.18. The Morgan fingerprint density at radius 3 is 0.698 bits per heavy atom. The van der Waals surface area contributed by atoms with E-state index in [1.54, 1.807) is 0 Å². The van der Waals surface area contributed by atoms with Gasteiger partial charge in [0, 0.05) is 0 Å². The molecule has 0 amide bonds. The largest absolute Gasteiger partial charge is 0.464 e. The topological polar surface area (TPSA) is 105 Å². The fraction of sp³-hybridized carbons (Fsp3) is 0.911. The van der Waals surface area contributed by atoms with Gasteiger partial charge >= 0.3 is 23.9 Å². The number of unbranched alkanes of at least 4 members (excludes halogenated alkanes) is 8. The molecule has 312 valence electrons. The highest BCUT2D eigenvalue weighted by atomic mass is 16.6. The van der Waals surface area contributed by atoms with E-state index >= 15 is 0 Å². The Balaban J connectivity index is 6.65. The van der Waals surface area contributed by atoms with E-state index in [1.165, 1.54) is 0 Å². The number of carbonyl (C=O) groups excluding carboxylic acids is 4. The SMILES string of the molecule is CCCCCC(CCC)C(=O)OCC(COC(=O)C(CCC)CCCCC)(COC(=O)C(CCC)CCCCC)COC(=O)C(CCC)CCCCC. The van der Waals surface area contributed by atoms with Gasteiger partial charge in [0.05, 0.1) is 23.7 Å². The van der Waals surface area contributed by atoms with Crippen LogP contribution in [0, 0.1) is 29.1 Å². The molecule has 0 aromatic carbocycles. The van der Waals surface area contributed by atoms with E-state index in [-0.39, 0.29) is 74.0 Å². The van der Waals surface area contributed by atoms with Gasteiger partial charge in [-0.3, -0.25) is 19.2 Å². The lowest BCUT2D eigenvalue weighted by atomic mass is 9.90. The standard InChI is InChI=1S/C45H84O8/c1-9-17-21-29-37(25-13-5)41(46)50-33-45(34-51-42(47)38(26-14-6)30-22-18-10-2,35-52-43(48)39(27-15-7)31-23-19-11-3)36-53-44(49)40(28-16-8)32-24-20-12-4/h37-40H,9-36H2,1-8H3. The molecule has 0 radical (unpaired) electrons. The highest BCUT2D eigenvalue weighted by Crippen LogP contribution is 2.28. The first-order valence-electron chi connectivity index (χ1n) is 22.3. The molecule has 0 aromatic rings. The lowest BCUT2D eigenvalue weighted by molar-refractivity contribution is -0.176. The van der Waals surface area contributed by atoms with Gasteiger partial charge in [-0.2, -0.15) is 0 Å². The van der Waals surface area contributed by atoms with Gasteiger partial charge in [0.15, 0.2) is 0 Å². The van der Waals surface area contributed by atoms with E-state index in [0.29, 0.717) is 0 Å².